The maximum atomic E-state index is 13.8. The molecule has 0 unspecified atom stereocenters. The van der Waals surface area contributed by atoms with Gasteiger partial charge in [0.25, 0.3) is 5.91 Å². The van der Waals surface area contributed by atoms with Crippen LogP contribution in [-0.2, 0) is 15.7 Å². The summed E-state index contributed by atoms with van der Waals surface area (Å²) in [6, 6.07) is 9.79. The molecule has 238 valence electrons. The van der Waals surface area contributed by atoms with Crippen molar-refractivity contribution in [2.24, 2.45) is 0 Å². The van der Waals surface area contributed by atoms with Crippen molar-refractivity contribution in [2.75, 3.05) is 56.0 Å². The fraction of sp³-hybridized carbons (Fsp3) is 0.296. The minimum Gasteiger partial charge on any atom is -0.494 e. The van der Waals surface area contributed by atoms with Gasteiger partial charge < -0.3 is 35.4 Å². The number of ether oxygens (including phenoxy) is 2. The number of hydrogen-bond donors (Lipinski definition) is 4. The summed E-state index contributed by atoms with van der Waals surface area (Å²) in [6.07, 6.45) is -9.14. The highest BCUT2D eigenvalue weighted by Crippen LogP contribution is 2.39. The van der Waals surface area contributed by atoms with Crippen LogP contribution in [0.5, 0.6) is 5.75 Å². The first kappa shape index (κ1) is 33.7. The molecule has 0 saturated carbocycles. The number of rotatable bonds is 7. The first-order valence-electron chi connectivity index (χ1n) is 12.6. The summed E-state index contributed by atoms with van der Waals surface area (Å²) in [6.45, 7) is 2.69. The molecule has 4 N–H and O–H groups in total. The van der Waals surface area contributed by atoms with Gasteiger partial charge in [0.05, 0.1) is 48.5 Å². The van der Waals surface area contributed by atoms with E-state index in [1.54, 1.807) is 6.07 Å². The standard InChI is InChI=1S/C25H25F4N5O3.C2HF3O2/c1-30-24(35)17-11-15(26)3-5-19(17)32-21-13-23(31-14-18(21)25(27,28)29)33-20-6-4-16(12-22(20)36-2)34-7-9-37-10-8-34;3-2(4,5)1(6)7/h3-6,11-14H,7-10H2,1-2H3,(H,30,35)(H2,31,32,33);(H,6,7). The van der Waals surface area contributed by atoms with Crippen LogP contribution in [0.15, 0.2) is 48.7 Å². The lowest BCUT2D eigenvalue weighted by atomic mass is 10.1. The molecule has 1 saturated heterocycles. The summed E-state index contributed by atoms with van der Waals surface area (Å²) < 4.78 is 97.7. The molecule has 0 radical (unpaired) electrons. The number of benzene rings is 2. The fourth-order valence-electron chi connectivity index (χ4n) is 3.89. The molecule has 1 aliphatic heterocycles. The molecule has 44 heavy (non-hydrogen) atoms. The number of pyridine rings is 1. The van der Waals surface area contributed by atoms with Crippen LogP contribution in [0.25, 0.3) is 0 Å². The van der Waals surface area contributed by atoms with Crippen molar-refractivity contribution < 1.29 is 54.9 Å². The second-order valence-corrected chi connectivity index (χ2v) is 8.92. The van der Waals surface area contributed by atoms with Crippen molar-refractivity contribution in [3.05, 3.63) is 65.6 Å². The lowest BCUT2D eigenvalue weighted by Gasteiger charge is -2.29. The average molecular weight is 634 g/mol. The zero-order valence-corrected chi connectivity index (χ0v) is 23.1. The molecule has 1 fully saturated rings. The molecule has 0 aliphatic carbocycles. The number of carbonyl (C=O) groups is 2. The number of carbonyl (C=O) groups excluding carboxylic acids is 1. The van der Waals surface area contributed by atoms with E-state index in [4.69, 9.17) is 19.4 Å². The van der Waals surface area contributed by atoms with E-state index in [-0.39, 0.29) is 22.8 Å². The molecule has 1 aliphatic rings. The fourth-order valence-corrected chi connectivity index (χ4v) is 3.89. The van der Waals surface area contributed by atoms with Gasteiger partial charge in [-0.05, 0) is 30.3 Å². The van der Waals surface area contributed by atoms with Crippen molar-refractivity contribution >= 4 is 40.4 Å². The number of carboxylic acid groups (broad SMARTS) is 1. The van der Waals surface area contributed by atoms with Crippen LogP contribution in [0.2, 0.25) is 0 Å². The Kier molecular flexibility index (Phi) is 10.8. The molecule has 10 nitrogen and oxygen atoms in total. The van der Waals surface area contributed by atoms with E-state index in [1.807, 2.05) is 12.1 Å². The van der Waals surface area contributed by atoms with Crippen LogP contribution in [0.4, 0.5) is 59.3 Å². The molecule has 0 spiro atoms. The normalized spacial score (nSPS) is 13.3. The lowest BCUT2D eigenvalue weighted by Crippen LogP contribution is -2.36. The number of morpholine rings is 1. The number of hydrogen-bond acceptors (Lipinski definition) is 8. The van der Waals surface area contributed by atoms with E-state index in [0.29, 0.717) is 30.8 Å². The summed E-state index contributed by atoms with van der Waals surface area (Å²) >= 11 is 0. The summed E-state index contributed by atoms with van der Waals surface area (Å²) in [7, 11) is 2.83. The molecule has 1 amide bonds. The SMILES string of the molecule is CNC(=O)c1cc(F)ccc1Nc1cc(Nc2ccc(N3CCOCC3)cc2OC)ncc1C(F)(F)F.O=C(O)C(F)(F)F. The zero-order chi connectivity index (χ0) is 32.7. The van der Waals surface area contributed by atoms with Crippen molar-refractivity contribution in [1.82, 2.24) is 10.3 Å². The Labute approximate surface area is 245 Å². The largest absolute Gasteiger partial charge is 0.494 e. The second-order valence-electron chi connectivity index (χ2n) is 8.92. The van der Waals surface area contributed by atoms with Crippen molar-refractivity contribution in [1.29, 1.82) is 0 Å². The summed E-state index contributed by atoms with van der Waals surface area (Å²) in [5.74, 6) is -3.55. The predicted molar refractivity (Wildman–Crippen MR) is 145 cm³/mol. The Hall–Kier alpha value is -4.80. The van der Waals surface area contributed by atoms with Gasteiger partial charge in [0.2, 0.25) is 0 Å². The van der Waals surface area contributed by atoms with Crippen LogP contribution in [-0.4, -0.2) is 68.6 Å². The molecular formula is C27H26F7N5O5. The van der Waals surface area contributed by atoms with Crippen LogP contribution >= 0.6 is 0 Å². The second kappa shape index (κ2) is 14.1. The number of aliphatic carboxylic acids is 1. The molecule has 1 aromatic heterocycles. The molecule has 0 bridgehead atoms. The topological polar surface area (TPSA) is 125 Å². The van der Waals surface area contributed by atoms with Gasteiger partial charge in [-0.3, -0.25) is 4.79 Å². The third kappa shape index (κ3) is 8.85. The molecule has 4 rings (SSSR count). The van der Waals surface area contributed by atoms with E-state index >= 15 is 0 Å². The number of nitrogens with zero attached hydrogens (tertiary/aromatic N) is 2. The maximum Gasteiger partial charge on any atom is 0.490 e. The van der Waals surface area contributed by atoms with Crippen LogP contribution in [0.3, 0.4) is 0 Å². The van der Waals surface area contributed by atoms with Gasteiger partial charge >= 0.3 is 18.3 Å². The Morgan fingerprint density at radius 3 is 2.16 bits per heavy atom. The number of aromatic nitrogens is 1. The Morgan fingerprint density at radius 2 is 1.59 bits per heavy atom. The van der Waals surface area contributed by atoms with Gasteiger partial charge in [-0.25, -0.2) is 14.2 Å². The molecule has 2 heterocycles. The number of anilines is 5. The predicted octanol–water partition coefficient (Wildman–Crippen LogP) is 5.56. The van der Waals surface area contributed by atoms with Crippen LogP contribution in [0.1, 0.15) is 15.9 Å². The monoisotopic (exact) mass is 633 g/mol. The first-order valence-corrected chi connectivity index (χ1v) is 12.6. The van der Waals surface area contributed by atoms with Crippen molar-refractivity contribution in [2.45, 2.75) is 12.4 Å². The van der Waals surface area contributed by atoms with Gasteiger partial charge in [-0.2, -0.15) is 26.3 Å². The third-order valence-corrected chi connectivity index (χ3v) is 6.00. The molecule has 3 aromatic rings. The number of methoxy groups -OCH3 is 1. The minimum atomic E-state index is -5.08. The summed E-state index contributed by atoms with van der Waals surface area (Å²) in [5, 5.41) is 15.1. The van der Waals surface area contributed by atoms with Crippen molar-refractivity contribution in [3.63, 3.8) is 0 Å². The smallest absolute Gasteiger partial charge is 0.490 e. The number of nitrogens with one attached hydrogen (secondary N) is 3. The number of alkyl halides is 6. The van der Waals surface area contributed by atoms with Gasteiger partial charge in [0.1, 0.15) is 17.4 Å². The highest BCUT2D eigenvalue weighted by atomic mass is 19.4. The Morgan fingerprint density at radius 1 is 0.955 bits per heavy atom. The molecule has 0 atom stereocenters. The molecule has 17 heteroatoms. The highest BCUT2D eigenvalue weighted by molar-refractivity contribution is 6.00. The number of carboxylic acids is 1. The number of halogens is 7. The van der Waals surface area contributed by atoms with E-state index in [1.165, 1.54) is 20.2 Å². The van der Waals surface area contributed by atoms with E-state index < -0.39 is 35.6 Å². The lowest BCUT2D eigenvalue weighted by molar-refractivity contribution is -0.192. The summed E-state index contributed by atoms with van der Waals surface area (Å²) in [4.78, 5) is 27.2. The third-order valence-electron chi connectivity index (χ3n) is 6.00. The van der Waals surface area contributed by atoms with E-state index in [9.17, 15) is 35.5 Å². The zero-order valence-electron chi connectivity index (χ0n) is 23.1. The molecular weight excluding hydrogens is 607 g/mol. The Bertz CT molecular complexity index is 1480. The number of amides is 1. The highest BCUT2D eigenvalue weighted by Gasteiger charge is 2.38. The van der Waals surface area contributed by atoms with E-state index in [0.717, 1.165) is 37.0 Å². The molecule has 2 aromatic carbocycles. The summed E-state index contributed by atoms with van der Waals surface area (Å²) in [5.41, 5.74) is -0.166. The average Bonchev–Trinajstić information content (AvgIpc) is 2.97. The van der Waals surface area contributed by atoms with Crippen molar-refractivity contribution in [3.8, 4) is 5.75 Å². The van der Waals surface area contributed by atoms with Gasteiger partial charge in [-0.15, -0.1) is 0 Å². The maximum absolute atomic E-state index is 13.8. The Balaban J connectivity index is 0.000000676. The van der Waals surface area contributed by atoms with Crippen LogP contribution in [0, 0.1) is 5.82 Å². The van der Waals surface area contributed by atoms with Crippen LogP contribution < -0.4 is 25.6 Å². The minimum absolute atomic E-state index is 0.00385. The van der Waals surface area contributed by atoms with Gasteiger partial charge in [0, 0.05) is 44.2 Å². The quantitative estimate of drug-likeness (QED) is 0.248. The van der Waals surface area contributed by atoms with Gasteiger partial charge in [0.15, 0.2) is 0 Å². The van der Waals surface area contributed by atoms with E-state index in [2.05, 4.69) is 25.8 Å². The first-order chi connectivity index (χ1) is 20.6. The van der Waals surface area contributed by atoms with Gasteiger partial charge in [-0.1, -0.05) is 0 Å².